The minimum atomic E-state index is -0.499. The number of nitrogen functional groups attached to an aromatic ring is 1. The lowest BCUT2D eigenvalue weighted by Crippen LogP contribution is -2.21. The molecule has 0 aliphatic heterocycles. The number of hydrogen-bond donors (Lipinski definition) is 3. The van der Waals surface area contributed by atoms with Crippen LogP contribution in [0.15, 0.2) is 42.5 Å². The van der Waals surface area contributed by atoms with Crippen molar-refractivity contribution in [2.24, 2.45) is 5.73 Å². The van der Waals surface area contributed by atoms with Crippen molar-refractivity contribution in [1.29, 1.82) is 0 Å². The first-order valence-electron chi connectivity index (χ1n) is 6.67. The quantitative estimate of drug-likeness (QED) is 0.743. The van der Waals surface area contributed by atoms with E-state index in [1.807, 2.05) is 6.07 Å². The van der Waals surface area contributed by atoms with Crippen molar-refractivity contribution in [1.82, 2.24) is 0 Å². The first-order chi connectivity index (χ1) is 9.65. The summed E-state index contributed by atoms with van der Waals surface area (Å²) in [5.41, 5.74) is 15.6. The number of nitrogens with one attached hydrogen (secondary N) is 1. The molecule has 4 heteroatoms. The maximum Gasteiger partial charge on any atom is 0.250 e. The van der Waals surface area contributed by atoms with Crippen molar-refractivity contribution in [3.63, 3.8) is 0 Å². The van der Waals surface area contributed by atoms with E-state index in [9.17, 15) is 4.79 Å². The van der Waals surface area contributed by atoms with E-state index in [-0.39, 0.29) is 0 Å². The Morgan fingerprint density at radius 2 is 1.70 bits per heavy atom. The van der Waals surface area contributed by atoms with E-state index in [2.05, 4.69) is 29.6 Å². The van der Waals surface area contributed by atoms with Gasteiger partial charge in [0.05, 0.1) is 16.9 Å². The molecule has 3 rings (SSSR count). The number of hydrogen-bond acceptors (Lipinski definition) is 3. The van der Waals surface area contributed by atoms with Crippen LogP contribution in [0.1, 0.15) is 21.5 Å². The van der Waals surface area contributed by atoms with Crippen molar-refractivity contribution in [3.05, 3.63) is 59.2 Å². The van der Waals surface area contributed by atoms with E-state index in [1.165, 1.54) is 11.1 Å². The molecular weight excluding hydrogens is 250 g/mol. The van der Waals surface area contributed by atoms with Crippen molar-refractivity contribution in [3.8, 4) is 0 Å². The summed E-state index contributed by atoms with van der Waals surface area (Å²) in [5, 5.41) is 3.42. The lowest BCUT2D eigenvalue weighted by atomic mass is 10.1. The van der Waals surface area contributed by atoms with Gasteiger partial charge in [-0.2, -0.15) is 0 Å². The van der Waals surface area contributed by atoms with Gasteiger partial charge in [0.1, 0.15) is 0 Å². The van der Waals surface area contributed by atoms with E-state index >= 15 is 0 Å². The Balaban J connectivity index is 1.81. The molecule has 1 amide bonds. The summed E-state index contributed by atoms with van der Waals surface area (Å²) >= 11 is 0. The Hall–Kier alpha value is -2.49. The average molecular weight is 267 g/mol. The monoisotopic (exact) mass is 267 g/mol. The van der Waals surface area contributed by atoms with Crippen molar-refractivity contribution in [2.75, 3.05) is 11.1 Å². The molecule has 0 saturated heterocycles. The maximum atomic E-state index is 11.3. The molecular formula is C16H17N3O. The topological polar surface area (TPSA) is 81.1 Å². The number of rotatable bonds is 3. The molecule has 0 radical (unpaired) electrons. The van der Waals surface area contributed by atoms with Gasteiger partial charge in [-0.05, 0) is 36.1 Å². The number of nitrogens with two attached hydrogens (primary N) is 2. The fraction of sp³-hybridized carbons (Fsp3) is 0.188. The fourth-order valence-electron chi connectivity index (χ4n) is 2.79. The van der Waals surface area contributed by atoms with Gasteiger partial charge in [-0.1, -0.05) is 30.3 Å². The van der Waals surface area contributed by atoms with Gasteiger partial charge in [0, 0.05) is 6.04 Å². The zero-order valence-corrected chi connectivity index (χ0v) is 11.1. The summed E-state index contributed by atoms with van der Waals surface area (Å²) in [5.74, 6) is -0.499. The molecule has 0 fully saturated rings. The van der Waals surface area contributed by atoms with Crippen molar-refractivity contribution in [2.45, 2.75) is 18.9 Å². The smallest absolute Gasteiger partial charge is 0.250 e. The molecule has 0 saturated carbocycles. The van der Waals surface area contributed by atoms with Crippen LogP contribution in [0.3, 0.4) is 0 Å². The number of carbonyl (C=O) groups excluding carboxylic acids is 1. The van der Waals surface area contributed by atoms with Gasteiger partial charge in [-0.15, -0.1) is 0 Å². The SMILES string of the molecule is NC(=O)c1cccc(NC2Cc3ccccc3C2)c1N. The van der Waals surface area contributed by atoms with Gasteiger partial charge in [0.25, 0.3) is 5.91 Å². The number of para-hydroxylation sites is 1. The van der Waals surface area contributed by atoms with E-state index in [4.69, 9.17) is 11.5 Å². The second-order valence-electron chi connectivity index (χ2n) is 5.15. The maximum absolute atomic E-state index is 11.3. The highest BCUT2D eigenvalue weighted by atomic mass is 16.1. The number of benzene rings is 2. The molecule has 0 bridgehead atoms. The molecule has 2 aromatic carbocycles. The Labute approximate surface area is 117 Å². The van der Waals surface area contributed by atoms with Crippen LogP contribution in [0.25, 0.3) is 0 Å². The minimum Gasteiger partial charge on any atom is -0.396 e. The number of amides is 1. The third-order valence-corrected chi connectivity index (χ3v) is 3.78. The van der Waals surface area contributed by atoms with Gasteiger partial charge in [0.15, 0.2) is 0 Å². The third kappa shape index (κ3) is 2.20. The Bertz CT molecular complexity index is 642. The Morgan fingerprint density at radius 3 is 2.30 bits per heavy atom. The number of carbonyl (C=O) groups is 1. The van der Waals surface area contributed by atoms with Gasteiger partial charge in [-0.25, -0.2) is 0 Å². The summed E-state index contributed by atoms with van der Waals surface area (Å²) < 4.78 is 0. The van der Waals surface area contributed by atoms with Gasteiger partial charge in [-0.3, -0.25) is 4.79 Å². The molecule has 20 heavy (non-hydrogen) atoms. The lowest BCUT2D eigenvalue weighted by Gasteiger charge is -2.16. The third-order valence-electron chi connectivity index (χ3n) is 3.78. The van der Waals surface area contributed by atoms with Crippen molar-refractivity contribution >= 4 is 17.3 Å². The van der Waals surface area contributed by atoms with Gasteiger partial charge in [0.2, 0.25) is 0 Å². The molecule has 102 valence electrons. The van der Waals surface area contributed by atoms with E-state index < -0.39 is 5.91 Å². The van der Waals surface area contributed by atoms with Crippen LogP contribution in [0.2, 0.25) is 0 Å². The van der Waals surface area contributed by atoms with Crippen LogP contribution in [-0.2, 0) is 12.8 Å². The van der Waals surface area contributed by atoms with E-state index in [0.29, 0.717) is 17.3 Å². The molecule has 0 heterocycles. The Morgan fingerprint density at radius 1 is 1.05 bits per heavy atom. The highest BCUT2D eigenvalue weighted by molar-refractivity contribution is 6.00. The number of anilines is 2. The minimum absolute atomic E-state index is 0.304. The molecule has 2 aromatic rings. The largest absolute Gasteiger partial charge is 0.396 e. The molecule has 0 atom stereocenters. The highest BCUT2D eigenvalue weighted by Gasteiger charge is 2.21. The summed E-state index contributed by atoms with van der Waals surface area (Å²) in [7, 11) is 0. The highest BCUT2D eigenvalue weighted by Crippen LogP contribution is 2.28. The van der Waals surface area contributed by atoms with Gasteiger partial charge < -0.3 is 16.8 Å². The number of fused-ring (bicyclic) bond motifs is 1. The van der Waals surface area contributed by atoms with Crippen LogP contribution in [-0.4, -0.2) is 11.9 Å². The number of primary amides is 1. The predicted molar refractivity (Wildman–Crippen MR) is 80.6 cm³/mol. The van der Waals surface area contributed by atoms with Gasteiger partial charge >= 0.3 is 0 Å². The van der Waals surface area contributed by atoms with E-state index in [1.54, 1.807) is 12.1 Å². The van der Waals surface area contributed by atoms with Crippen LogP contribution < -0.4 is 16.8 Å². The van der Waals surface area contributed by atoms with E-state index in [0.717, 1.165) is 18.5 Å². The first-order valence-corrected chi connectivity index (χ1v) is 6.67. The molecule has 1 aliphatic carbocycles. The zero-order chi connectivity index (χ0) is 14.1. The lowest BCUT2D eigenvalue weighted by molar-refractivity contribution is 0.100. The standard InChI is InChI=1S/C16H17N3O/c17-15-13(16(18)20)6-3-7-14(15)19-12-8-10-4-1-2-5-11(10)9-12/h1-7,12,19H,8-9,17H2,(H2,18,20). The van der Waals surface area contributed by atoms with Crippen LogP contribution in [0.4, 0.5) is 11.4 Å². The second-order valence-corrected chi connectivity index (χ2v) is 5.15. The molecule has 5 N–H and O–H groups in total. The summed E-state index contributed by atoms with van der Waals surface area (Å²) in [6, 6.07) is 14.0. The van der Waals surface area contributed by atoms with Crippen LogP contribution >= 0.6 is 0 Å². The first kappa shape index (κ1) is 12.5. The van der Waals surface area contributed by atoms with Crippen molar-refractivity contribution < 1.29 is 4.79 Å². The summed E-state index contributed by atoms with van der Waals surface area (Å²) in [6.07, 6.45) is 1.94. The summed E-state index contributed by atoms with van der Waals surface area (Å²) in [6.45, 7) is 0. The van der Waals surface area contributed by atoms with Crippen LogP contribution in [0, 0.1) is 0 Å². The molecule has 0 unspecified atom stereocenters. The average Bonchev–Trinajstić information content (AvgIpc) is 2.83. The molecule has 0 aromatic heterocycles. The molecule has 0 spiro atoms. The zero-order valence-electron chi connectivity index (χ0n) is 11.1. The van der Waals surface area contributed by atoms with Crippen LogP contribution in [0.5, 0.6) is 0 Å². The second kappa shape index (κ2) is 4.89. The normalized spacial score (nSPS) is 14.0. The molecule has 1 aliphatic rings. The molecule has 4 nitrogen and oxygen atoms in total. The predicted octanol–water partition coefficient (Wildman–Crippen LogP) is 1.95. The summed E-state index contributed by atoms with van der Waals surface area (Å²) in [4.78, 5) is 11.3. The fourth-order valence-corrected chi connectivity index (χ4v) is 2.79. The Kier molecular flexibility index (Phi) is 3.06.